The number of amides is 7. The Kier molecular flexibility index (Phi) is 31.5. The normalized spacial score (nSPS) is 13.5. The Hall–Kier alpha value is -6.73. The van der Waals surface area contributed by atoms with Gasteiger partial charge in [-0.1, -0.05) is 24.3 Å². The fourth-order valence-corrected chi connectivity index (χ4v) is 6.83. The van der Waals surface area contributed by atoms with E-state index in [1.807, 2.05) is 18.2 Å². The molecule has 3 unspecified atom stereocenters. The van der Waals surface area contributed by atoms with Crippen molar-refractivity contribution >= 4 is 59.2 Å². The van der Waals surface area contributed by atoms with Crippen LogP contribution in [0.3, 0.4) is 0 Å². The first kappa shape index (κ1) is 68.4. The number of rotatable bonds is 35. The van der Waals surface area contributed by atoms with Crippen LogP contribution in [0.15, 0.2) is 60.3 Å². The molecule has 2 rings (SSSR count). The van der Waals surface area contributed by atoms with Crippen molar-refractivity contribution < 1.29 is 76.3 Å². The van der Waals surface area contributed by atoms with Crippen molar-refractivity contribution in [2.75, 3.05) is 77.8 Å². The number of benzene rings is 1. The van der Waals surface area contributed by atoms with E-state index >= 15 is 0 Å². The number of carbonyl (C=O) groups is 9. The van der Waals surface area contributed by atoms with Gasteiger partial charge in [0.2, 0.25) is 29.5 Å². The van der Waals surface area contributed by atoms with Crippen LogP contribution in [0.2, 0.25) is 0 Å². The summed E-state index contributed by atoms with van der Waals surface area (Å²) in [7, 11) is 0. The average Bonchev–Trinajstić information content (AvgIpc) is 3.62. The largest absolute Gasteiger partial charge is 0.458 e. The lowest BCUT2D eigenvalue weighted by atomic mass is 10.1. The second-order valence-corrected chi connectivity index (χ2v) is 21.1. The quantitative estimate of drug-likeness (QED) is 0.0275. The zero-order valence-electron chi connectivity index (χ0n) is 47.5. The van der Waals surface area contributed by atoms with Crippen molar-refractivity contribution in [1.29, 1.82) is 0 Å². The van der Waals surface area contributed by atoms with Crippen molar-refractivity contribution in [2.45, 2.75) is 149 Å². The molecule has 0 aromatic heterocycles. The van der Waals surface area contributed by atoms with Crippen LogP contribution in [0.25, 0.3) is 0 Å². The molecule has 79 heavy (non-hydrogen) atoms. The van der Waals surface area contributed by atoms with Gasteiger partial charge in [-0.25, -0.2) is 14.4 Å². The Morgan fingerprint density at radius 2 is 1.06 bits per heavy atom. The Morgan fingerprint density at radius 3 is 1.63 bits per heavy atom. The maximum atomic E-state index is 13.4. The number of esters is 2. The predicted molar refractivity (Wildman–Crippen MR) is 293 cm³/mol. The van der Waals surface area contributed by atoms with Gasteiger partial charge in [0.25, 0.3) is 5.91 Å². The predicted octanol–water partition coefficient (Wildman–Crippen LogP) is 3.29. The molecule has 442 valence electrons. The molecule has 24 nitrogen and oxygen atoms in total. The average molecular weight is 1120 g/mol. The molecule has 24 heteroatoms. The van der Waals surface area contributed by atoms with Crippen LogP contribution in [-0.2, 0) is 66.7 Å². The third kappa shape index (κ3) is 34.0. The van der Waals surface area contributed by atoms with Gasteiger partial charge in [0.15, 0.2) is 0 Å². The van der Waals surface area contributed by atoms with Crippen LogP contribution in [0.1, 0.15) is 124 Å². The topological polar surface area (TPSA) is 328 Å². The number of hydrogen-bond donors (Lipinski definition) is 8. The van der Waals surface area contributed by atoms with Gasteiger partial charge in [0.1, 0.15) is 48.1 Å². The third-order valence-corrected chi connectivity index (χ3v) is 10.3. The molecule has 9 N–H and O–H groups in total. The molecular weight excluding hydrogens is 1030 g/mol. The van der Waals surface area contributed by atoms with Crippen molar-refractivity contribution in [1.82, 2.24) is 31.9 Å². The van der Waals surface area contributed by atoms with E-state index in [0.29, 0.717) is 55.9 Å². The van der Waals surface area contributed by atoms with Crippen LogP contribution in [0, 0.1) is 0 Å². The standard InChI is InChI=1S/C55H86N8O16/c1-53(2,3)77-50(70)42(62-45(65)26-24-43(51(71)78-54(4,5)6)63-47(67)37-75-34-32-73-30-27-56)23-25-44(64)57-29-31-74-33-35-76-36-46(66)61-41(49(69)59-39-16-12-10-11-13-17-39)18-14-15-28-58-48(68)38-19-21-40(22-20-38)60-52(72)79-55(7,8)9/h10-13,16,19-22,41-43H,14-15,17-18,23-37,56H2,1-9H3,(H,57,64)(H,58,68)(H,59,69)(H,60,72)(H,61,66)(H,62,65)(H,63,67). The second kappa shape index (κ2) is 36.4. The number of ether oxygens (including phenoxy) is 7. The van der Waals surface area contributed by atoms with Gasteiger partial charge < -0.3 is 70.8 Å². The summed E-state index contributed by atoms with van der Waals surface area (Å²) in [6.45, 7) is 16.0. The molecule has 0 fully saturated rings. The van der Waals surface area contributed by atoms with Gasteiger partial charge in [-0.05, 0) is 125 Å². The van der Waals surface area contributed by atoms with Gasteiger partial charge in [-0.3, -0.25) is 34.1 Å². The van der Waals surface area contributed by atoms with E-state index in [4.69, 9.17) is 38.9 Å². The van der Waals surface area contributed by atoms with Crippen LogP contribution >= 0.6 is 0 Å². The first-order valence-electron chi connectivity index (χ1n) is 26.6. The summed E-state index contributed by atoms with van der Waals surface area (Å²) >= 11 is 0. The van der Waals surface area contributed by atoms with E-state index in [-0.39, 0.29) is 90.8 Å². The van der Waals surface area contributed by atoms with Crippen molar-refractivity contribution in [3.05, 3.63) is 65.9 Å². The van der Waals surface area contributed by atoms with Crippen molar-refractivity contribution in [3.63, 3.8) is 0 Å². The number of allylic oxidation sites excluding steroid dienone is 5. The number of nitrogens with one attached hydrogen (secondary N) is 7. The summed E-state index contributed by atoms with van der Waals surface area (Å²) in [6.07, 6.45) is 9.53. The van der Waals surface area contributed by atoms with E-state index in [9.17, 15) is 43.2 Å². The summed E-state index contributed by atoms with van der Waals surface area (Å²) in [4.78, 5) is 116. The molecule has 0 spiro atoms. The highest BCUT2D eigenvalue weighted by Crippen LogP contribution is 2.16. The molecule has 1 aliphatic carbocycles. The third-order valence-electron chi connectivity index (χ3n) is 10.3. The number of nitrogens with two attached hydrogens (primary N) is 1. The van der Waals surface area contributed by atoms with E-state index < -0.39 is 82.5 Å². The highest BCUT2D eigenvalue weighted by atomic mass is 16.6. The molecule has 0 bridgehead atoms. The first-order chi connectivity index (χ1) is 37.2. The van der Waals surface area contributed by atoms with E-state index in [1.54, 1.807) is 98.7 Å². The lowest BCUT2D eigenvalue weighted by molar-refractivity contribution is -0.160. The molecule has 0 saturated heterocycles. The summed E-state index contributed by atoms with van der Waals surface area (Å²) in [5, 5.41) is 18.9. The molecule has 0 radical (unpaired) electrons. The minimum absolute atomic E-state index is 0.0227. The lowest BCUT2D eigenvalue weighted by Crippen LogP contribution is -2.47. The number of hydrogen-bond acceptors (Lipinski definition) is 17. The first-order valence-corrected chi connectivity index (χ1v) is 26.6. The monoisotopic (exact) mass is 1110 g/mol. The Balaban J connectivity index is 1.82. The molecule has 7 amide bonds. The number of anilines is 1. The molecule has 3 atom stereocenters. The highest BCUT2D eigenvalue weighted by molar-refractivity contribution is 5.95. The Labute approximate surface area is 464 Å². The van der Waals surface area contributed by atoms with E-state index in [1.165, 1.54) is 0 Å². The molecule has 1 aromatic rings. The van der Waals surface area contributed by atoms with Gasteiger partial charge in [-0.15, -0.1) is 0 Å². The second-order valence-electron chi connectivity index (χ2n) is 21.1. The van der Waals surface area contributed by atoms with Crippen LogP contribution in [0.4, 0.5) is 10.5 Å². The zero-order valence-corrected chi connectivity index (χ0v) is 47.5. The summed E-state index contributed by atoms with van der Waals surface area (Å²) in [5.41, 5.74) is 4.43. The van der Waals surface area contributed by atoms with Gasteiger partial charge in [-0.2, -0.15) is 0 Å². The SMILES string of the molecule is CC(C)(C)OC(=O)Nc1ccc(C(=O)NCCCCC(NC(=O)COCCOCCNC(=O)CCC(NC(=O)CCC(NC(=O)COCCOCCN)C(=O)OC(C)(C)C)C(=O)OC(C)(C)C)C(=O)NC2=CC=CC=CC2)cc1. The van der Waals surface area contributed by atoms with Gasteiger partial charge in [0, 0.05) is 55.8 Å². The molecule has 0 aliphatic heterocycles. The van der Waals surface area contributed by atoms with Crippen LogP contribution < -0.4 is 43.0 Å². The fraction of sp³-hybridized carbons (Fsp3) is 0.618. The van der Waals surface area contributed by atoms with Crippen LogP contribution in [-0.4, -0.2) is 161 Å². The van der Waals surface area contributed by atoms with Crippen molar-refractivity contribution in [2.24, 2.45) is 5.73 Å². The fourth-order valence-electron chi connectivity index (χ4n) is 6.83. The molecule has 1 aliphatic rings. The molecule has 0 saturated carbocycles. The molecule has 0 heterocycles. The van der Waals surface area contributed by atoms with Crippen LogP contribution in [0.5, 0.6) is 0 Å². The minimum Gasteiger partial charge on any atom is -0.458 e. The minimum atomic E-state index is -1.22. The maximum Gasteiger partial charge on any atom is 0.412 e. The maximum absolute atomic E-state index is 13.4. The van der Waals surface area contributed by atoms with E-state index in [2.05, 4.69) is 37.2 Å². The summed E-state index contributed by atoms with van der Waals surface area (Å²) < 4.78 is 37.8. The zero-order chi connectivity index (χ0) is 58.9. The summed E-state index contributed by atoms with van der Waals surface area (Å²) in [6, 6.07) is 3.00. The molecule has 1 aromatic carbocycles. The van der Waals surface area contributed by atoms with Gasteiger partial charge in [0.05, 0.1) is 39.6 Å². The smallest absolute Gasteiger partial charge is 0.412 e. The number of carbonyl (C=O) groups excluding carboxylic acids is 9. The van der Waals surface area contributed by atoms with Gasteiger partial charge >= 0.3 is 18.0 Å². The number of unbranched alkanes of at least 4 members (excludes halogenated alkanes) is 1. The lowest BCUT2D eigenvalue weighted by Gasteiger charge is -2.26. The summed E-state index contributed by atoms with van der Waals surface area (Å²) in [5.74, 6) is -4.49. The molecular formula is C55H86N8O16. The van der Waals surface area contributed by atoms with E-state index in [0.717, 1.165) is 0 Å². The Bertz CT molecular complexity index is 2210. The highest BCUT2D eigenvalue weighted by Gasteiger charge is 2.31. The van der Waals surface area contributed by atoms with Crippen molar-refractivity contribution in [3.8, 4) is 0 Å². The Morgan fingerprint density at radius 1 is 0.532 bits per heavy atom.